The highest BCUT2D eigenvalue weighted by Crippen LogP contribution is 2.25. The van der Waals surface area contributed by atoms with Crippen molar-refractivity contribution in [3.63, 3.8) is 0 Å². The Morgan fingerprint density at radius 1 is 1.22 bits per heavy atom. The maximum atomic E-state index is 11.6. The zero-order valence-corrected chi connectivity index (χ0v) is 10.5. The first-order chi connectivity index (χ1) is 8.49. The Kier molecular flexibility index (Phi) is 6.01. The minimum atomic E-state index is -1.06. The molecule has 0 amide bonds. The molecule has 0 aliphatic heterocycles. The number of carbonyl (C=O) groups is 2. The molecule has 0 aromatic carbocycles. The summed E-state index contributed by atoms with van der Waals surface area (Å²) in [5.74, 6) is -0.772. The van der Waals surface area contributed by atoms with Gasteiger partial charge in [-0.15, -0.1) is 0 Å². The molecule has 5 N–H and O–H groups in total. The van der Waals surface area contributed by atoms with Gasteiger partial charge in [0.15, 0.2) is 5.78 Å². The number of hydrogen-bond acceptors (Lipinski definition) is 4. The standard InChI is InChI=1S/C13H22N2O3/c14-10(6-5-9-3-1-2-4-9)7-12(16)11(15)8-13(17)18/h5-6,9-11H,1-4,7-8,14-15H2,(H,17,18)/b6-5+/t10?,11-/m0/s1. The van der Waals surface area contributed by atoms with Crippen molar-refractivity contribution < 1.29 is 14.7 Å². The molecular formula is C13H22N2O3. The zero-order valence-electron chi connectivity index (χ0n) is 10.5. The molecule has 5 heteroatoms. The molecule has 0 saturated heterocycles. The van der Waals surface area contributed by atoms with Crippen LogP contribution in [0, 0.1) is 5.92 Å². The number of ketones is 1. The Hall–Kier alpha value is -1.20. The molecule has 102 valence electrons. The number of aliphatic carboxylic acids is 1. The van der Waals surface area contributed by atoms with Crippen LogP contribution in [0.3, 0.4) is 0 Å². The Morgan fingerprint density at radius 2 is 1.83 bits per heavy atom. The van der Waals surface area contributed by atoms with Gasteiger partial charge in [-0.3, -0.25) is 9.59 Å². The lowest BCUT2D eigenvalue weighted by Crippen LogP contribution is -2.36. The Morgan fingerprint density at radius 3 is 2.39 bits per heavy atom. The van der Waals surface area contributed by atoms with Gasteiger partial charge < -0.3 is 16.6 Å². The van der Waals surface area contributed by atoms with E-state index in [9.17, 15) is 9.59 Å². The molecule has 2 atom stereocenters. The van der Waals surface area contributed by atoms with E-state index in [1.807, 2.05) is 6.08 Å². The molecule has 18 heavy (non-hydrogen) atoms. The molecule has 0 radical (unpaired) electrons. The molecule has 1 fully saturated rings. The molecule has 0 aromatic heterocycles. The van der Waals surface area contributed by atoms with Crippen LogP contribution in [-0.4, -0.2) is 28.9 Å². The number of Topliss-reactive ketones (excluding diaryl/α,β-unsaturated/α-hetero) is 1. The lowest BCUT2D eigenvalue weighted by Gasteiger charge is -2.11. The summed E-state index contributed by atoms with van der Waals surface area (Å²) in [6, 6.07) is -1.31. The van der Waals surface area contributed by atoms with Crippen LogP contribution in [0.1, 0.15) is 38.5 Å². The van der Waals surface area contributed by atoms with E-state index >= 15 is 0 Å². The quantitative estimate of drug-likeness (QED) is 0.583. The summed E-state index contributed by atoms with van der Waals surface area (Å²) >= 11 is 0. The number of carboxylic acid groups (broad SMARTS) is 1. The second-order valence-electron chi connectivity index (χ2n) is 4.97. The van der Waals surface area contributed by atoms with Crippen molar-refractivity contribution in [1.82, 2.24) is 0 Å². The predicted molar refractivity (Wildman–Crippen MR) is 68.9 cm³/mol. The van der Waals surface area contributed by atoms with Gasteiger partial charge in [-0.1, -0.05) is 25.0 Å². The van der Waals surface area contributed by atoms with Crippen LogP contribution in [0.2, 0.25) is 0 Å². The zero-order chi connectivity index (χ0) is 13.5. The summed E-state index contributed by atoms with van der Waals surface area (Å²) in [5, 5.41) is 8.54. The molecule has 0 bridgehead atoms. The fourth-order valence-electron chi connectivity index (χ4n) is 2.20. The third-order valence-electron chi connectivity index (χ3n) is 3.28. The molecular weight excluding hydrogens is 232 g/mol. The predicted octanol–water partition coefficient (Wildman–Crippen LogP) is 0.821. The highest BCUT2D eigenvalue weighted by molar-refractivity contribution is 5.88. The van der Waals surface area contributed by atoms with E-state index in [0.29, 0.717) is 5.92 Å². The number of hydrogen-bond donors (Lipinski definition) is 3. The van der Waals surface area contributed by atoms with E-state index in [1.54, 1.807) is 0 Å². The van der Waals surface area contributed by atoms with Crippen molar-refractivity contribution in [2.45, 2.75) is 50.6 Å². The van der Waals surface area contributed by atoms with Gasteiger partial charge in [0, 0.05) is 12.5 Å². The van der Waals surface area contributed by atoms with Gasteiger partial charge in [0.1, 0.15) is 0 Å². The summed E-state index contributed by atoms with van der Waals surface area (Å²) in [4.78, 5) is 22.0. The fourth-order valence-corrected chi connectivity index (χ4v) is 2.20. The van der Waals surface area contributed by atoms with Gasteiger partial charge in [-0.25, -0.2) is 0 Å². The van der Waals surface area contributed by atoms with Crippen LogP contribution >= 0.6 is 0 Å². The second kappa shape index (κ2) is 7.28. The lowest BCUT2D eigenvalue weighted by atomic mass is 10.0. The normalized spacial score (nSPS) is 20.1. The van der Waals surface area contributed by atoms with E-state index in [0.717, 1.165) is 0 Å². The van der Waals surface area contributed by atoms with Crippen LogP contribution in [0.5, 0.6) is 0 Å². The van der Waals surface area contributed by atoms with Crippen LogP contribution in [-0.2, 0) is 9.59 Å². The highest BCUT2D eigenvalue weighted by Gasteiger charge is 2.19. The first-order valence-electron chi connectivity index (χ1n) is 6.43. The van der Waals surface area contributed by atoms with E-state index in [1.165, 1.54) is 25.7 Å². The van der Waals surface area contributed by atoms with E-state index in [-0.39, 0.29) is 24.7 Å². The van der Waals surface area contributed by atoms with Crippen LogP contribution in [0.25, 0.3) is 0 Å². The Bertz CT molecular complexity index is 322. The Labute approximate surface area is 107 Å². The van der Waals surface area contributed by atoms with Crippen molar-refractivity contribution >= 4 is 11.8 Å². The van der Waals surface area contributed by atoms with Gasteiger partial charge in [-0.05, 0) is 18.8 Å². The SMILES string of the molecule is NC(/C=C/C1CCCC1)CC(=O)[C@@H](N)CC(=O)O. The lowest BCUT2D eigenvalue weighted by molar-refractivity contribution is -0.139. The number of allylic oxidation sites excluding steroid dienone is 1. The molecule has 0 spiro atoms. The van der Waals surface area contributed by atoms with Gasteiger partial charge >= 0.3 is 5.97 Å². The maximum Gasteiger partial charge on any atom is 0.305 e. The molecule has 5 nitrogen and oxygen atoms in total. The summed E-state index contributed by atoms with van der Waals surface area (Å²) in [6.07, 6.45) is 8.59. The minimum Gasteiger partial charge on any atom is -0.481 e. The molecule has 1 aliphatic carbocycles. The van der Waals surface area contributed by atoms with Crippen LogP contribution < -0.4 is 11.5 Å². The molecule has 1 saturated carbocycles. The Balaban J connectivity index is 2.31. The number of nitrogens with two attached hydrogens (primary N) is 2. The average molecular weight is 254 g/mol. The second-order valence-corrected chi connectivity index (χ2v) is 4.97. The van der Waals surface area contributed by atoms with E-state index < -0.39 is 12.0 Å². The molecule has 0 heterocycles. The smallest absolute Gasteiger partial charge is 0.305 e. The number of rotatable bonds is 7. The summed E-state index contributed by atoms with van der Waals surface area (Å²) in [7, 11) is 0. The van der Waals surface area contributed by atoms with Crippen LogP contribution in [0.15, 0.2) is 12.2 Å². The topological polar surface area (TPSA) is 106 Å². The number of carboxylic acids is 1. The minimum absolute atomic E-state index is 0.109. The highest BCUT2D eigenvalue weighted by atomic mass is 16.4. The van der Waals surface area contributed by atoms with Crippen molar-refractivity contribution in [3.05, 3.63) is 12.2 Å². The van der Waals surface area contributed by atoms with Crippen LogP contribution in [0.4, 0.5) is 0 Å². The average Bonchev–Trinajstić information content (AvgIpc) is 2.78. The molecule has 1 rings (SSSR count). The number of carbonyl (C=O) groups excluding carboxylic acids is 1. The van der Waals surface area contributed by atoms with Crippen molar-refractivity contribution in [2.75, 3.05) is 0 Å². The molecule has 1 unspecified atom stereocenters. The van der Waals surface area contributed by atoms with Crippen molar-refractivity contribution in [1.29, 1.82) is 0 Å². The van der Waals surface area contributed by atoms with Gasteiger partial charge in [0.2, 0.25) is 0 Å². The summed E-state index contributed by atoms with van der Waals surface area (Å²) in [6.45, 7) is 0. The van der Waals surface area contributed by atoms with Gasteiger partial charge in [-0.2, -0.15) is 0 Å². The largest absolute Gasteiger partial charge is 0.481 e. The van der Waals surface area contributed by atoms with E-state index in [4.69, 9.17) is 16.6 Å². The first kappa shape index (κ1) is 14.9. The summed E-state index contributed by atoms with van der Waals surface area (Å²) < 4.78 is 0. The third-order valence-corrected chi connectivity index (χ3v) is 3.28. The molecule has 1 aliphatic rings. The summed E-state index contributed by atoms with van der Waals surface area (Å²) in [5.41, 5.74) is 11.3. The van der Waals surface area contributed by atoms with Gasteiger partial charge in [0.05, 0.1) is 12.5 Å². The monoisotopic (exact) mass is 254 g/mol. The third kappa shape index (κ3) is 5.42. The molecule has 0 aromatic rings. The fraction of sp³-hybridized carbons (Fsp3) is 0.692. The maximum absolute atomic E-state index is 11.6. The van der Waals surface area contributed by atoms with Crippen molar-refractivity contribution in [3.8, 4) is 0 Å². The first-order valence-corrected chi connectivity index (χ1v) is 6.43. The van der Waals surface area contributed by atoms with Gasteiger partial charge in [0.25, 0.3) is 0 Å². The van der Waals surface area contributed by atoms with Crippen molar-refractivity contribution in [2.24, 2.45) is 17.4 Å². The van der Waals surface area contributed by atoms with E-state index in [2.05, 4.69) is 6.08 Å².